The summed E-state index contributed by atoms with van der Waals surface area (Å²) in [6.45, 7) is 26.5. The Balaban J connectivity index is 0.000000103. The number of aryl methyl sites for hydroxylation is 8. The van der Waals surface area contributed by atoms with Gasteiger partial charge in [-0.1, -0.05) is 275 Å². The Bertz CT molecular complexity index is 7890. The molecule has 4 atom stereocenters. The number of rotatable bonds is 13. The molecule has 0 aliphatic carbocycles. The first kappa shape index (κ1) is 89.5. The first-order valence-corrected chi connectivity index (χ1v) is 50.2. The number of nitrogens with zero attached hydrogens (tertiary/aromatic N) is 18. The lowest BCUT2D eigenvalue weighted by atomic mass is 9.87. The molecule has 144 heavy (non-hydrogen) atoms. The fraction of sp³-hybridized carbons (Fsp3) is 0.175. The van der Waals surface area contributed by atoms with E-state index in [4.69, 9.17) is 39.9 Å². The molecule has 13 aromatic carbocycles. The fourth-order valence-corrected chi connectivity index (χ4v) is 23.2. The van der Waals surface area contributed by atoms with Gasteiger partial charge in [0.1, 0.15) is 36.1 Å². The number of anilines is 16. The average molecular weight is 1880 g/mol. The van der Waals surface area contributed by atoms with Gasteiger partial charge in [-0.25, -0.2) is 39.9 Å². The van der Waals surface area contributed by atoms with E-state index in [1.165, 1.54) is 117 Å². The molecule has 4 unspecified atom stereocenters. The maximum atomic E-state index is 5.59. The topological polar surface area (TPSA) is 155 Å². The largest absolute Gasteiger partial charge is 0.302 e. The minimum absolute atomic E-state index is 0.0840. The molecule has 8 aliphatic rings. The predicted octanol–water partition coefficient (Wildman–Crippen LogP) is 29.8. The third-order valence-electron chi connectivity index (χ3n) is 29.4. The van der Waals surface area contributed by atoms with Gasteiger partial charge in [0.05, 0.1) is 34.7 Å². The summed E-state index contributed by atoms with van der Waals surface area (Å²) >= 11 is 0. The highest BCUT2D eigenvalue weighted by molar-refractivity contribution is 5.98. The fourth-order valence-electron chi connectivity index (χ4n) is 23.2. The van der Waals surface area contributed by atoms with Crippen molar-refractivity contribution in [2.75, 3.05) is 39.2 Å². The molecule has 0 fully saturated rings. The predicted molar refractivity (Wildman–Crippen MR) is 586 cm³/mol. The van der Waals surface area contributed by atoms with Crippen molar-refractivity contribution in [2.24, 2.45) is 0 Å². The van der Waals surface area contributed by atoms with Crippen molar-refractivity contribution < 1.29 is 0 Å². The summed E-state index contributed by atoms with van der Waals surface area (Å²) < 4.78 is 0. The van der Waals surface area contributed by atoms with Crippen LogP contribution >= 0.6 is 0 Å². The summed E-state index contributed by atoms with van der Waals surface area (Å²) in [6.07, 6.45) is 13.3. The number of fused-ring (bicyclic) bond motifs is 20. The summed E-state index contributed by atoms with van der Waals surface area (Å²) in [5.41, 5.74) is 41.3. The first-order valence-electron chi connectivity index (χ1n) is 50.2. The lowest BCUT2D eigenvalue weighted by molar-refractivity contribution is 0.723. The van der Waals surface area contributed by atoms with E-state index >= 15 is 0 Å². The zero-order valence-corrected chi connectivity index (χ0v) is 83.0. The Morgan fingerprint density at radius 3 is 0.840 bits per heavy atom. The Hall–Kier alpha value is -17.1. The SMILES string of the molecule is CC(C)c1cccc(C(C)C)c1-c1cnc2c(n1)N1c3ccccc3CC1N2c1ccccc1.Cc1cc(C)c(-c2nc3c(nc2-c2c(C)cc(C)cc2C)N2c4ccccc4CC2N3c2ccccc2)c(C)c1.Cc1ccccc1-c1nc2c(nc1-c1ccccc1C)N1c3ccccc3CC1N2c1ccccc1.c1ccc(N2c3nc(-c4cccnc4)c(-c4cccnc4)nc3N3c4ccccc4CC23)cc1. The smallest absolute Gasteiger partial charge is 0.179 e. The highest BCUT2D eigenvalue weighted by Gasteiger charge is 2.51. The van der Waals surface area contributed by atoms with Gasteiger partial charge in [-0.15, -0.1) is 0 Å². The molecular formula is C126H110N18. The van der Waals surface area contributed by atoms with Gasteiger partial charge < -0.3 is 39.2 Å². The van der Waals surface area contributed by atoms with Crippen LogP contribution in [0.25, 0.3) is 78.8 Å². The van der Waals surface area contributed by atoms with E-state index in [-0.39, 0.29) is 24.7 Å². The van der Waals surface area contributed by atoms with Gasteiger partial charge in [-0.3, -0.25) is 9.97 Å². The number of para-hydroxylation sites is 8. The van der Waals surface area contributed by atoms with Crippen LogP contribution in [-0.4, -0.2) is 74.5 Å². The van der Waals surface area contributed by atoms with Gasteiger partial charge in [-0.2, -0.15) is 0 Å². The molecule has 0 amide bonds. The van der Waals surface area contributed by atoms with Gasteiger partial charge in [0.15, 0.2) is 46.5 Å². The molecule has 19 aromatic rings. The molecule has 6 aromatic heterocycles. The Kier molecular flexibility index (Phi) is 22.9. The summed E-state index contributed by atoms with van der Waals surface area (Å²) in [5.74, 6) is 8.11. The molecule has 8 aliphatic heterocycles. The number of hydrogen-bond donors (Lipinski definition) is 0. The van der Waals surface area contributed by atoms with Gasteiger partial charge in [0, 0.05) is 135 Å². The lowest BCUT2D eigenvalue weighted by Crippen LogP contribution is -2.36. The minimum Gasteiger partial charge on any atom is -0.302 e. The van der Waals surface area contributed by atoms with Crippen LogP contribution in [0.3, 0.4) is 0 Å². The third kappa shape index (κ3) is 15.5. The molecule has 27 rings (SSSR count). The summed E-state index contributed by atoms with van der Waals surface area (Å²) in [4.78, 5) is 70.7. The highest BCUT2D eigenvalue weighted by Crippen LogP contribution is 2.59. The van der Waals surface area contributed by atoms with Crippen LogP contribution in [0.1, 0.15) is 117 Å². The van der Waals surface area contributed by atoms with Crippen molar-refractivity contribution in [2.45, 2.75) is 145 Å². The number of benzene rings is 13. The average Bonchev–Trinajstić information content (AvgIpc) is 1.57. The van der Waals surface area contributed by atoms with Gasteiger partial charge in [0.2, 0.25) is 0 Å². The second kappa shape index (κ2) is 36.8. The zero-order valence-electron chi connectivity index (χ0n) is 83.0. The summed E-state index contributed by atoms with van der Waals surface area (Å²) in [5, 5.41) is 0. The Labute approximate surface area is 842 Å². The van der Waals surface area contributed by atoms with E-state index in [2.05, 4.69) is 436 Å². The van der Waals surface area contributed by atoms with Crippen molar-refractivity contribution >= 4 is 92.0 Å². The van der Waals surface area contributed by atoms with Crippen LogP contribution in [0.4, 0.5) is 92.0 Å². The molecule has 18 heteroatoms. The Morgan fingerprint density at radius 2 is 0.521 bits per heavy atom. The second-order valence-electron chi connectivity index (χ2n) is 39.4. The third-order valence-corrected chi connectivity index (χ3v) is 29.4. The maximum absolute atomic E-state index is 5.59. The zero-order chi connectivity index (χ0) is 97.8. The van der Waals surface area contributed by atoms with Crippen LogP contribution in [0.15, 0.2) is 365 Å². The van der Waals surface area contributed by atoms with Crippen molar-refractivity contribution in [3.8, 4) is 78.8 Å². The molecule has 0 saturated heterocycles. The molecular weight excluding hydrogens is 1770 g/mol. The lowest BCUT2D eigenvalue weighted by Gasteiger charge is -2.26. The maximum Gasteiger partial charge on any atom is 0.179 e. The monoisotopic (exact) mass is 1870 g/mol. The van der Waals surface area contributed by atoms with Crippen LogP contribution in [-0.2, 0) is 25.7 Å². The minimum atomic E-state index is 0.0840. The molecule has 0 radical (unpaired) electrons. The molecule has 0 saturated carbocycles. The number of pyridine rings is 2. The standard InChI is InChI=1S/C36H34N4.C32H26N4.C30H30N4.C28H20N6/c1-21-16-23(3)31(24(4)17-21)33-34(32-25(5)18-22(2)19-26(32)6)38-36-35(37-33)39(28-13-8-7-9-14-28)30-20-27-12-10-11-15-29(27)40(30)36;1-21-12-6-9-17-25(21)29-30(26-18-10-7-13-22(26)2)34-32-31(33-29)35(24-15-4-3-5-16-24)28-20-23-14-8-11-19-27(23)36(28)32;1-19(2)23-14-10-15-24(20(3)4)28(23)25-18-31-29-30(32-25)34-26-16-9-8-11-21(26)17-27(34)33(29)22-12-6-5-7-13-22;1-2-11-22(12-3-1)33-24-16-19-8-4-5-13-23(19)34(24)28-27(33)31-25(20-9-6-14-29-17-20)26(32-28)21-10-7-15-30-18-21/h7-19,30H,20H2,1-6H3;3-19,28H,20H2,1-2H3;5-16,18-20,27H,17H2,1-4H3;1-15,17-18,24H,16H2. The van der Waals surface area contributed by atoms with E-state index in [1.807, 2.05) is 48.9 Å². The molecule has 0 N–H and O–H groups in total. The van der Waals surface area contributed by atoms with Gasteiger partial charge >= 0.3 is 0 Å². The Morgan fingerprint density at radius 1 is 0.236 bits per heavy atom. The summed E-state index contributed by atoms with van der Waals surface area (Å²) in [6, 6.07) is 118. The number of aromatic nitrogens is 10. The van der Waals surface area contributed by atoms with Gasteiger partial charge in [-0.05, 0) is 231 Å². The first-order chi connectivity index (χ1) is 70.4. The van der Waals surface area contributed by atoms with E-state index in [0.717, 1.165) is 157 Å². The van der Waals surface area contributed by atoms with E-state index in [9.17, 15) is 0 Å². The van der Waals surface area contributed by atoms with Crippen LogP contribution < -0.4 is 39.2 Å². The van der Waals surface area contributed by atoms with E-state index in [1.54, 1.807) is 12.4 Å². The molecule has 704 valence electrons. The van der Waals surface area contributed by atoms with Crippen molar-refractivity contribution in [3.63, 3.8) is 0 Å². The van der Waals surface area contributed by atoms with Crippen molar-refractivity contribution in [1.29, 1.82) is 0 Å². The highest BCUT2D eigenvalue weighted by atomic mass is 15.5. The molecule has 14 heterocycles. The van der Waals surface area contributed by atoms with Crippen LogP contribution in [0.5, 0.6) is 0 Å². The van der Waals surface area contributed by atoms with Crippen molar-refractivity contribution in [3.05, 3.63) is 443 Å². The van der Waals surface area contributed by atoms with Crippen molar-refractivity contribution in [1.82, 2.24) is 49.8 Å². The normalized spacial score (nSPS) is 15.7. The van der Waals surface area contributed by atoms with Crippen LogP contribution in [0.2, 0.25) is 0 Å². The second-order valence-corrected chi connectivity index (χ2v) is 39.4. The molecule has 0 spiro atoms. The number of hydrogen-bond acceptors (Lipinski definition) is 18. The van der Waals surface area contributed by atoms with Crippen LogP contribution in [0, 0.1) is 55.4 Å². The molecule has 18 nitrogen and oxygen atoms in total. The van der Waals surface area contributed by atoms with E-state index in [0.29, 0.717) is 11.8 Å². The van der Waals surface area contributed by atoms with E-state index < -0.39 is 0 Å². The summed E-state index contributed by atoms with van der Waals surface area (Å²) in [7, 11) is 0. The quantitative estimate of drug-likeness (QED) is 0.107. The van der Waals surface area contributed by atoms with Gasteiger partial charge in [0.25, 0.3) is 0 Å². The molecule has 0 bridgehead atoms.